The molecule has 0 aliphatic heterocycles. The predicted octanol–water partition coefficient (Wildman–Crippen LogP) is 3.55. The van der Waals surface area contributed by atoms with E-state index >= 15 is 0 Å². The fourth-order valence-corrected chi connectivity index (χ4v) is 3.21. The van der Waals surface area contributed by atoms with Gasteiger partial charge in [0.1, 0.15) is 11.6 Å². The number of aryl methyl sites for hydroxylation is 2. The van der Waals surface area contributed by atoms with Gasteiger partial charge in [-0.2, -0.15) is 5.10 Å². The highest BCUT2D eigenvalue weighted by Gasteiger charge is 2.22. The summed E-state index contributed by atoms with van der Waals surface area (Å²) in [5.41, 5.74) is 1.86. The molecule has 0 radical (unpaired) electrons. The van der Waals surface area contributed by atoms with Gasteiger partial charge in [0.25, 0.3) is 0 Å². The number of halogens is 2. The average Bonchev–Trinajstić information content (AvgIpc) is 2.89. The monoisotopic (exact) mass is 414 g/mol. The number of benzene rings is 1. The summed E-state index contributed by atoms with van der Waals surface area (Å²) >= 11 is 12.6. The molecule has 1 atom stereocenters. The van der Waals surface area contributed by atoms with E-state index in [1.807, 2.05) is 0 Å². The van der Waals surface area contributed by atoms with Crippen molar-refractivity contribution in [2.75, 3.05) is 19.1 Å². The third-order valence-electron chi connectivity index (χ3n) is 3.94. The lowest BCUT2D eigenvalue weighted by atomic mass is 10.2. The molecule has 0 saturated carbocycles. The summed E-state index contributed by atoms with van der Waals surface area (Å²) < 4.78 is 11.9. The number of carbonyl (C=O) groups is 1. The lowest BCUT2D eigenvalue weighted by molar-refractivity contribution is -0.147. The molecule has 2 aromatic rings. The lowest BCUT2D eigenvalue weighted by Gasteiger charge is -2.23. The molecule has 146 valence electrons. The molecule has 0 amide bonds. The quantitative estimate of drug-likeness (QED) is 0.336. The van der Waals surface area contributed by atoms with Gasteiger partial charge in [-0.05, 0) is 19.9 Å². The number of esters is 1. The van der Waals surface area contributed by atoms with Crippen molar-refractivity contribution in [2.45, 2.75) is 20.0 Å². The molecule has 27 heavy (non-hydrogen) atoms. The Morgan fingerprint density at radius 3 is 2.67 bits per heavy atom. The van der Waals surface area contributed by atoms with Gasteiger partial charge < -0.3 is 19.6 Å². The normalized spacial score (nSPS) is 12.3. The summed E-state index contributed by atoms with van der Waals surface area (Å²) in [5, 5.41) is 17.0. The van der Waals surface area contributed by atoms with Crippen molar-refractivity contribution < 1.29 is 19.5 Å². The first-order chi connectivity index (χ1) is 12.7. The maximum Gasteiger partial charge on any atom is 0.346 e. The summed E-state index contributed by atoms with van der Waals surface area (Å²) in [6.07, 6.45) is 0.456. The Kier molecular flexibility index (Phi) is 6.56. The average molecular weight is 415 g/mol. The number of hydrogen-bond donors (Lipinski definition) is 1. The fraction of sp³-hybridized carbons (Fsp3) is 0.353. The molecule has 0 aliphatic rings. The number of anilines is 2. The van der Waals surface area contributed by atoms with E-state index in [4.69, 9.17) is 33.1 Å². The maximum absolute atomic E-state index is 11.6. The molecule has 8 nitrogen and oxygen atoms in total. The smallest absolute Gasteiger partial charge is 0.346 e. The summed E-state index contributed by atoms with van der Waals surface area (Å²) in [6.45, 7) is 3.35. The Bertz CT molecular complexity index is 882. The van der Waals surface area contributed by atoms with Gasteiger partial charge in [-0.3, -0.25) is 4.68 Å². The van der Waals surface area contributed by atoms with Crippen LogP contribution in [0.25, 0.3) is 0 Å². The molecule has 0 unspecified atom stereocenters. The molecule has 1 aromatic heterocycles. The molecule has 0 saturated heterocycles. The van der Waals surface area contributed by atoms with E-state index < -0.39 is 12.1 Å². The molecule has 0 spiro atoms. The second kappa shape index (κ2) is 8.49. The number of hydrogen-bond acceptors (Lipinski definition) is 7. The Labute approximate surface area is 166 Å². The molecule has 0 bridgehead atoms. The molecule has 1 aromatic carbocycles. The first-order valence-corrected chi connectivity index (χ1v) is 8.65. The minimum Gasteiger partial charge on any atom is -0.477 e. The van der Waals surface area contributed by atoms with Gasteiger partial charge in [-0.25, -0.2) is 4.79 Å². The second-order valence-electron chi connectivity index (χ2n) is 5.77. The highest BCUT2D eigenvalue weighted by atomic mass is 35.5. The maximum atomic E-state index is 11.6. The molecular formula is C17H20Cl2N4O4. The van der Waals surface area contributed by atoms with Crippen LogP contribution < -0.4 is 9.64 Å². The summed E-state index contributed by atoms with van der Waals surface area (Å²) in [7, 11) is 4.81. The Morgan fingerprint density at radius 1 is 1.41 bits per heavy atom. The van der Waals surface area contributed by atoms with Crippen LogP contribution >= 0.6 is 23.2 Å². The van der Waals surface area contributed by atoms with Crippen molar-refractivity contribution in [1.82, 2.24) is 9.78 Å². The van der Waals surface area contributed by atoms with E-state index in [1.165, 1.54) is 19.4 Å². The lowest BCUT2D eigenvalue weighted by Crippen LogP contribution is -2.25. The minimum absolute atomic E-state index is 0.256. The molecular weight excluding hydrogens is 395 g/mol. The largest absolute Gasteiger partial charge is 0.477 e. The van der Waals surface area contributed by atoms with Crippen molar-refractivity contribution in [1.29, 1.82) is 0 Å². The number of rotatable bonds is 6. The molecule has 10 heteroatoms. The predicted molar refractivity (Wildman–Crippen MR) is 104 cm³/mol. The van der Waals surface area contributed by atoms with E-state index in [-0.39, 0.29) is 10.8 Å². The number of oxime groups is 1. The van der Waals surface area contributed by atoms with E-state index in [1.54, 1.807) is 43.6 Å². The molecule has 0 aliphatic carbocycles. The van der Waals surface area contributed by atoms with Gasteiger partial charge >= 0.3 is 5.97 Å². The van der Waals surface area contributed by atoms with Crippen molar-refractivity contribution in [3.63, 3.8) is 0 Å². The number of carbonyl (C=O) groups excluding carboxylic acids is 1. The van der Waals surface area contributed by atoms with Crippen LogP contribution in [0.1, 0.15) is 18.2 Å². The third kappa shape index (κ3) is 4.28. The van der Waals surface area contributed by atoms with Crippen LogP contribution in [0.2, 0.25) is 10.0 Å². The first kappa shape index (κ1) is 20.9. The number of nitrogens with zero attached hydrogens (tertiary/aromatic N) is 4. The van der Waals surface area contributed by atoms with Crippen molar-refractivity contribution in [3.05, 3.63) is 33.4 Å². The van der Waals surface area contributed by atoms with Gasteiger partial charge in [0.05, 0.1) is 40.3 Å². The molecule has 1 heterocycles. The zero-order valence-electron chi connectivity index (χ0n) is 15.5. The van der Waals surface area contributed by atoms with E-state index in [2.05, 4.69) is 15.0 Å². The third-order valence-corrected chi connectivity index (χ3v) is 4.54. The van der Waals surface area contributed by atoms with Gasteiger partial charge in [-0.1, -0.05) is 28.4 Å². The minimum atomic E-state index is -0.845. The van der Waals surface area contributed by atoms with Crippen LogP contribution in [0.4, 0.5) is 11.5 Å². The summed E-state index contributed by atoms with van der Waals surface area (Å²) in [6, 6.07) is 3.14. The van der Waals surface area contributed by atoms with Crippen LogP contribution in [0.15, 0.2) is 17.3 Å². The molecule has 1 N–H and O–H groups in total. The zero-order chi connectivity index (χ0) is 20.3. The van der Waals surface area contributed by atoms with Gasteiger partial charge in [-0.15, -0.1) is 0 Å². The van der Waals surface area contributed by atoms with Crippen molar-refractivity contribution in [2.24, 2.45) is 12.2 Å². The number of methoxy groups -OCH3 is 1. The Morgan fingerprint density at radius 2 is 2.07 bits per heavy atom. The van der Waals surface area contributed by atoms with E-state index in [0.717, 1.165) is 0 Å². The van der Waals surface area contributed by atoms with Crippen LogP contribution in [0.3, 0.4) is 0 Å². The van der Waals surface area contributed by atoms with E-state index in [0.29, 0.717) is 27.8 Å². The van der Waals surface area contributed by atoms with Gasteiger partial charge in [0.2, 0.25) is 0 Å². The fourth-order valence-electron chi connectivity index (χ4n) is 2.65. The van der Waals surface area contributed by atoms with Crippen LogP contribution in [0, 0.1) is 6.92 Å². The first-order valence-electron chi connectivity index (χ1n) is 7.89. The number of ether oxygens (including phenoxy) is 2. The Hall–Kier alpha value is -2.45. The molecule has 0 fully saturated rings. The molecule has 2 rings (SSSR count). The van der Waals surface area contributed by atoms with Crippen molar-refractivity contribution >= 4 is 46.9 Å². The van der Waals surface area contributed by atoms with Crippen molar-refractivity contribution in [3.8, 4) is 5.75 Å². The second-order valence-corrected chi connectivity index (χ2v) is 6.58. The number of aromatic nitrogens is 2. The topological polar surface area (TPSA) is 89.2 Å². The van der Waals surface area contributed by atoms with Crippen LogP contribution in [-0.4, -0.2) is 47.4 Å². The zero-order valence-corrected chi connectivity index (χ0v) is 17.0. The summed E-state index contributed by atoms with van der Waals surface area (Å²) in [4.78, 5) is 13.4. The standard InChI is InChI=1S/C17H20Cl2N4O4/c1-9-11(8-20-25)16(23(4)21-9)22(3)14-7-15(13(19)6-12(14)18)27-10(2)17(24)26-5/h6-8,10,25H,1-5H3/t10-/m0/s1. The SMILES string of the molecule is COC(=O)[C@H](C)Oc1cc(N(C)c2c(C=NO)c(C)nn2C)c(Cl)cc1Cl. The Balaban J connectivity index is 2.50. The highest BCUT2D eigenvalue weighted by molar-refractivity contribution is 6.37. The van der Waals surface area contributed by atoms with Gasteiger partial charge in [0, 0.05) is 20.2 Å². The van der Waals surface area contributed by atoms with Crippen LogP contribution in [-0.2, 0) is 16.6 Å². The highest BCUT2D eigenvalue weighted by Crippen LogP contribution is 2.39. The van der Waals surface area contributed by atoms with E-state index in [9.17, 15) is 4.79 Å². The van der Waals surface area contributed by atoms with Crippen LogP contribution in [0.5, 0.6) is 5.75 Å². The van der Waals surface area contributed by atoms with Gasteiger partial charge in [0.15, 0.2) is 6.10 Å². The summed E-state index contributed by atoms with van der Waals surface area (Å²) in [5.74, 6) is 0.387.